The molecule has 1 atom stereocenters. The van der Waals surface area contributed by atoms with Gasteiger partial charge >= 0.3 is 6.09 Å². The van der Waals surface area contributed by atoms with Gasteiger partial charge in [-0.2, -0.15) is 0 Å². The van der Waals surface area contributed by atoms with E-state index in [0.717, 1.165) is 24.0 Å². The number of non-ortho nitro benzene ring substituents is 1. The number of unbranched alkanes of at least 4 members (excludes halogenated alkanes) is 1. The number of nitrogens with one attached hydrogen (secondary N) is 3. The molecule has 0 radical (unpaired) electrons. The molecule has 3 rings (SSSR count). The Morgan fingerprint density at radius 1 is 1.14 bits per heavy atom. The fraction of sp³-hybridized carbons (Fsp3) is 0.400. The number of rotatable bonds is 9. The molecule has 0 unspecified atom stereocenters. The summed E-state index contributed by atoms with van der Waals surface area (Å²) in [4.78, 5) is 42.7. The Hall–Kier alpha value is -3.95. The Labute approximate surface area is 203 Å². The van der Waals surface area contributed by atoms with E-state index in [0.29, 0.717) is 17.5 Å². The SMILES string of the molecule is CCCC[C@@H](CNC(=O)c1nc2ccc(-c3ccc([N+](=O)[O-])cc3)cc2[nH]1)NC(=O)OC(C)(C)C. The third-order valence-corrected chi connectivity index (χ3v) is 5.24. The van der Waals surface area contributed by atoms with Crippen molar-refractivity contribution in [2.45, 2.75) is 58.6 Å². The molecule has 10 heteroatoms. The van der Waals surface area contributed by atoms with E-state index < -0.39 is 16.6 Å². The van der Waals surface area contributed by atoms with Crippen molar-refractivity contribution in [1.82, 2.24) is 20.6 Å². The van der Waals surface area contributed by atoms with E-state index >= 15 is 0 Å². The summed E-state index contributed by atoms with van der Waals surface area (Å²) in [6.07, 6.45) is 2.04. The number of carbonyl (C=O) groups is 2. The lowest BCUT2D eigenvalue weighted by molar-refractivity contribution is -0.384. The van der Waals surface area contributed by atoms with Crippen LogP contribution in [0.1, 0.15) is 57.6 Å². The third kappa shape index (κ3) is 7.26. The maximum absolute atomic E-state index is 12.8. The maximum atomic E-state index is 12.8. The molecule has 0 saturated heterocycles. The summed E-state index contributed by atoms with van der Waals surface area (Å²) in [5, 5.41) is 16.5. The summed E-state index contributed by atoms with van der Waals surface area (Å²) >= 11 is 0. The minimum Gasteiger partial charge on any atom is -0.444 e. The van der Waals surface area contributed by atoms with Crippen molar-refractivity contribution in [3.8, 4) is 11.1 Å². The number of carbonyl (C=O) groups excluding carboxylic acids is 2. The number of alkyl carbamates (subject to hydrolysis) is 1. The fourth-order valence-corrected chi connectivity index (χ4v) is 3.52. The highest BCUT2D eigenvalue weighted by atomic mass is 16.6. The molecule has 2 aromatic carbocycles. The summed E-state index contributed by atoms with van der Waals surface area (Å²) in [7, 11) is 0. The van der Waals surface area contributed by atoms with Gasteiger partial charge in [-0.1, -0.05) is 25.8 Å². The van der Waals surface area contributed by atoms with Crippen LogP contribution in [0.25, 0.3) is 22.2 Å². The number of hydrogen-bond acceptors (Lipinski definition) is 6. The molecule has 0 spiro atoms. The van der Waals surface area contributed by atoms with Crippen LogP contribution in [-0.2, 0) is 4.74 Å². The van der Waals surface area contributed by atoms with Gasteiger partial charge in [0.15, 0.2) is 5.82 Å². The van der Waals surface area contributed by atoms with Gasteiger partial charge < -0.3 is 20.4 Å². The molecule has 0 bridgehead atoms. The summed E-state index contributed by atoms with van der Waals surface area (Å²) in [6, 6.07) is 11.5. The minimum absolute atomic E-state index is 0.0220. The molecule has 0 aliphatic rings. The van der Waals surface area contributed by atoms with Gasteiger partial charge in [0.05, 0.1) is 16.0 Å². The highest BCUT2D eigenvalue weighted by Gasteiger charge is 2.21. The molecule has 1 heterocycles. The highest BCUT2D eigenvalue weighted by Crippen LogP contribution is 2.25. The zero-order chi connectivity index (χ0) is 25.6. The average Bonchev–Trinajstić information content (AvgIpc) is 3.23. The second-order valence-corrected chi connectivity index (χ2v) is 9.32. The molecule has 0 fully saturated rings. The summed E-state index contributed by atoms with van der Waals surface area (Å²) in [5.74, 6) is -0.224. The van der Waals surface area contributed by atoms with Crippen molar-refractivity contribution < 1.29 is 19.2 Å². The number of aromatic amines is 1. The monoisotopic (exact) mass is 481 g/mol. The molecule has 10 nitrogen and oxygen atoms in total. The van der Waals surface area contributed by atoms with Gasteiger partial charge in [0.1, 0.15) is 5.60 Å². The zero-order valence-electron chi connectivity index (χ0n) is 20.4. The number of ether oxygens (including phenoxy) is 1. The number of nitrogens with zero attached hydrogens (tertiary/aromatic N) is 2. The number of H-pyrrole nitrogens is 1. The zero-order valence-corrected chi connectivity index (χ0v) is 20.4. The van der Waals surface area contributed by atoms with Gasteiger partial charge in [-0.15, -0.1) is 0 Å². The van der Waals surface area contributed by atoms with Crippen LogP contribution in [0.5, 0.6) is 0 Å². The number of hydrogen-bond donors (Lipinski definition) is 3. The van der Waals surface area contributed by atoms with E-state index in [1.807, 2.05) is 12.1 Å². The molecule has 0 saturated carbocycles. The van der Waals surface area contributed by atoms with Crippen LogP contribution in [-0.4, -0.2) is 45.1 Å². The second kappa shape index (κ2) is 11.0. The molecule has 3 aromatic rings. The highest BCUT2D eigenvalue weighted by molar-refractivity contribution is 5.95. The Kier molecular flexibility index (Phi) is 8.06. The third-order valence-electron chi connectivity index (χ3n) is 5.24. The first-order valence-electron chi connectivity index (χ1n) is 11.6. The normalized spacial score (nSPS) is 12.2. The van der Waals surface area contributed by atoms with Gasteiger partial charge in [-0.05, 0) is 62.6 Å². The van der Waals surface area contributed by atoms with Crippen molar-refractivity contribution in [2.75, 3.05) is 6.54 Å². The standard InChI is InChI=1S/C25H31N5O5/c1-5-6-7-18(27-24(32)35-25(2,3)4)15-26-23(31)22-28-20-13-10-17(14-21(20)29-22)16-8-11-19(12-9-16)30(33)34/h8-14,18H,5-7,15H2,1-4H3,(H,26,31)(H,27,32)(H,28,29)/t18-/m0/s1. The number of imidazole rings is 1. The number of amides is 2. The minimum atomic E-state index is -0.607. The van der Waals surface area contributed by atoms with Crippen LogP contribution in [0.15, 0.2) is 42.5 Å². The molecule has 2 amide bonds. The van der Waals surface area contributed by atoms with E-state index in [2.05, 4.69) is 27.5 Å². The molecule has 3 N–H and O–H groups in total. The van der Waals surface area contributed by atoms with Crippen LogP contribution in [0.4, 0.5) is 10.5 Å². The van der Waals surface area contributed by atoms with Crippen LogP contribution < -0.4 is 10.6 Å². The molecule has 0 aliphatic heterocycles. The first-order valence-corrected chi connectivity index (χ1v) is 11.6. The van der Waals surface area contributed by atoms with Gasteiger partial charge in [-0.25, -0.2) is 9.78 Å². The van der Waals surface area contributed by atoms with Gasteiger partial charge in [-0.3, -0.25) is 14.9 Å². The Morgan fingerprint density at radius 3 is 2.46 bits per heavy atom. The van der Waals surface area contributed by atoms with Gasteiger partial charge in [0.2, 0.25) is 0 Å². The number of nitro groups is 1. The maximum Gasteiger partial charge on any atom is 0.407 e. The number of nitro benzene ring substituents is 1. The molecule has 0 aliphatic carbocycles. The first-order chi connectivity index (χ1) is 16.6. The van der Waals surface area contributed by atoms with E-state index in [-0.39, 0.29) is 30.0 Å². The Bertz CT molecular complexity index is 1200. The van der Waals surface area contributed by atoms with Crippen molar-refractivity contribution >= 4 is 28.7 Å². The van der Waals surface area contributed by atoms with Gasteiger partial charge in [0.25, 0.3) is 11.6 Å². The van der Waals surface area contributed by atoms with Crippen molar-refractivity contribution in [1.29, 1.82) is 0 Å². The smallest absolute Gasteiger partial charge is 0.407 e. The lowest BCUT2D eigenvalue weighted by atomic mass is 10.0. The fourth-order valence-electron chi connectivity index (χ4n) is 3.52. The number of fused-ring (bicyclic) bond motifs is 1. The van der Waals surface area contributed by atoms with Crippen molar-refractivity contribution in [3.63, 3.8) is 0 Å². The largest absolute Gasteiger partial charge is 0.444 e. The predicted molar refractivity (Wildman–Crippen MR) is 133 cm³/mol. The molecular formula is C25H31N5O5. The lowest BCUT2D eigenvalue weighted by Crippen LogP contribution is -2.45. The lowest BCUT2D eigenvalue weighted by Gasteiger charge is -2.23. The van der Waals surface area contributed by atoms with Crippen LogP contribution >= 0.6 is 0 Å². The Balaban J connectivity index is 1.68. The average molecular weight is 482 g/mol. The van der Waals surface area contributed by atoms with Gasteiger partial charge in [0, 0.05) is 24.7 Å². The van der Waals surface area contributed by atoms with E-state index in [4.69, 9.17) is 4.74 Å². The quantitative estimate of drug-likeness (QED) is 0.292. The van der Waals surface area contributed by atoms with Crippen LogP contribution in [0.2, 0.25) is 0 Å². The van der Waals surface area contributed by atoms with Crippen LogP contribution in [0.3, 0.4) is 0 Å². The Morgan fingerprint density at radius 2 is 1.83 bits per heavy atom. The van der Waals surface area contributed by atoms with E-state index in [9.17, 15) is 19.7 Å². The summed E-state index contributed by atoms with van der Waals surface area (Å²) in [5.41, 5.74) is 2.35. The van der Waals surface area contributed by atoms with Crippen LogP contribution in [0, 0.1) is 10.1 Å². The van der Waals surface area contributed by atoms with Crippen molar-refractivity contribution in [3.05, 3.63) is 58.4 Å². The van der Waals surface area contributed by atoms with E-state index in [1.54, 1.807) is 39.0 Å². The van der Waals surface area contributed by atoms with E-state index in [1.165, 1.54) is 12.1 Å². The topological polar surface area (TPSA) is 139 Å². The molecule has 186 valence electrons. The first kappa shape index (κ1) is 25.7. The van der Waals surface area contributed by atoms with Crippen molar-refractivity contribution in [2.24, 2.45) is 0 Å². The summed E-state index contributed by atoms with van der Waals surface area (Å²) < 4.78 is 5.33. The predicted octanol–water partition coefficient (Wildman–Crippen LogP) is 4.95. The molecule has 35 heavy (non-hydrogen) atoms. The second-order valence-electron chi connectivity index (χ2n) is 9.32. The molecule has 1 aromatic heterocycles. The summed E-state index contributed by atoms with van der Waals surface area (Å²) in [6.45, 7) is 7.68. The molecular weight excluding hydrogens is 450 g/mol. The number of aromatic nitrogens is 2. The number of benzene rings is 2.